The molecule has 1 heterocycles. The Morgan fingerprint density at radius 2 is 2.04 bits per heavy atom. The zero-order valence-electron chi connectivity index (χ0n) is 12.6. The van der Waals surface area contributed by atoms with Crippen LogP contribution in [0.2, 0.25) is 0 Å². The highest BCUT2D eigenvalue weighted by molar-refractivity contribution is 5.77. The van der Waals surface area contributed by atoms with Gasteiger partial charge in [-0.1, -0.05) is 24.1 Å². The van der Waals surface area contributed by atoms with Gasteiger partial charge in [0.2, 0.25) is 0 Å². The molecule has 0 amide bonds. The number of aryl methyl sites for hydroxylation is 1. The fraction of sp³-hybridized carbons (Fsp3) is 0.158. The van der Waals surface area contributed by atoms with Crippen LogP contribution in [0.5, 0.6) is 0 Å². The second-order valence-corrected chi connectivity index (χ2v) is 5.44. The van der Waals surface area contributed by atoms with E-state index in [9.17, 15) is 9.50 Å². The van der Waals surface area contributed by atoms with Gasteiger partial charge in [-0.05, 0) is 36.2 Å². The number of nitrogens with zero attached hydrogens (tertiary/aromatic N) is 2. The third-order valence-corrected chi connectivity index (χ3v) is 3.65. The van der Waals surface area contributed by atoms with Gasteiger partial charge in [-0.3, -0.25) is 4.98 Å². The maximum atomic E-state index is 14.2. The van der Waals surface area contributed by atoms with E-state index in [2.05, 4.69) is 15.9 Å². The highest BCUT2D eigenvalue weighted by Gasteiger charge is 2.10. The van der Waals surface area contributed by atoms with Crippen molar-refractivity contribution in [3.8, 4) is 23.6 Å². The molecular formula is C19H15FN2O. The summed E-state index contributed by atoms with van der Waals surface area (Å²) in [7, 11) is 0. The second-order valence-electron chi connectivity index (χ2n) is 5.44. The van der Waals surface area contributed by atoms with Crippen LogP contribution < -0.4 is 0 Å². The van der Waals surface area contributed by atoms with Gasteiger partial charge in [-0.2, -0.15) is 0 Å². The lowest BCUT2D eigenvalue weighted by Gasteiger charge is -2.08. The largest absolute Gasteiger partial charge is 0.380 e. The third kappa shape index (κ3) is 3.20. The topological polar surface area (TPSA) is 46.0 Å². The Bertz CT molecular complexity index is 915. The lowest BCUT2D eigenvalue weighted by atomic mass is 10.0. The van der Waals surface area contributed by atoms with Crippen LogP contribution in [0, 0.1) is 25.1 Å². The number of terminal acetylenes is 1. The molecular weight excluding hydrogens is 291 g/mol. The number of hydrogen-bond donors (Lipinski definition) is 1. The molecule has 0 bridgehead atoms. The van der Waals surface area contributed by atoms with Crippen molar-refractivity contribution in [1.82, 2.24) is 9.97 Å². The minimum atomic E-state index is -0.987. The summed E-state index contributed by atoms with van der Waals surface area (Å²) >= 11 is 0. The van der Waals surface area contributed by atoms with Crippen LogP contribution in [0.1, 0.15) is 11.1 Å². The first-order valence-electron chi connectivity index (χ1n) is 7.23. The molecule has 1 unspecified atom stereocenters. The second kappa shape index (κ2) is 6.15. The predicted octanol–water partition coefficient (Wildman–Crippen LogP) is 3.28. The van der Waals surface area contributed by atoms with Crippen molar-refractivity contribution in [3.63, 3.8) is 0 Å². The SMILES string of the molecule is C#CC(O)Cc1ccc(-c2cnc3cc(C)ccc3n2)cc1F. The van der Waals surface area contributed by atoms with Gasteiger partial charge < -0.3 is 5.11 Å². The summed E-state index contributed by atoms with van der Waals surface area (Å²) in [5.41, 5.74) is 4.30. The summed E-state index contributed by atoms with van der Waals surface area (Å²) in [6.07, 6.45) is 5.85. The first kappa shape index (κ1) is 15.1. The van der Waals surface area contributed by atoms with Crippen molar-refractivity contribution >= 4 is 11.0 Å². The average molecular weight is 306 g/mol. The summed E-state index contributed by atoms with van der Waals surface area (Å²) in [6.45, 7) is 1.99. The highest BCUT2D eigenvalue weighted by Crippen LogP contribution is 2.22. The highest BCUT2D eigenvalue weighted by atomic mass is 19.1. The Balaban J connectivity index is 1.97. The predicted molar refractivity (Wildman–Crippen MR) is 88.2 cm³/mol. The van der Waals surface area contributed by atoms with Crippen molar-refractivity contribution in [2.75, 3.05) is 0 Å². The smallest absolute Gasteiger partial charge is 0.127 e. The zero-order chi connectivity index (χ0) is 16.4. The van der Waals surface area contributed by atoms with Crippen molar-refractivity contribution in [2.24, 2.45) is 0 Å². The molecule has 3 rings (SSSR count). The number of aliphatic hydroxyl groups excluding tert-OH is 1. The van der Waals surface area contributed by atoms with Crippen LogP contribution in [0.3, 0.4) is 0 Å². The molecule has 4 heteroatoms. The van der Waals surface area contributed by atoms with Gasteiger partial charge in [0, 0.05) is 12.0 Å². The average Bonchev–Trinajstić information content (AvgIpc) is 2.56. The number of aromatic nitrogens is 2. The van der Waals surface area contributed by atoms with Gasteiger partial charge in [0.25, 0.3) is 0 Å². The Morgan fingerprint density at radius 1 is 1.22 bits per heavy atom. The normalized spacial score (nSPS) is 12.1. The van der Waals surface area contributed by atoms with Crippen LogP contribution >= 0.6 is 0 Å². The Hall–Kier alpha value is -2.77. The summed E-state index contributed by atoms with van der Waals surface area (Å²) in [6, 6.07) is 10.6. The maximum Gasteiger partial charge on any atom is 0.127 e. The molecule has 0 aliphatic carbocycles. The Morgan fingerprint density at radius 3 is 2.78 bits per heavy atom. The molecule has 2 aromatic carbocycles. The summed E-state index contributed by atoms with van der Waals surface area (Å²) in [4.78, 5) is 8.90. The number of rotatable bonds is 3. The number of hydrogen-bond acceptors (Lipinski definition) is 3. The molecule has 1 atom stereocenters. The molecule has 114 valence electrons. The van der Waals surface area contributed by atoms with Crippen LogP contribution in [-0.4, -0.2) is 21.2 Å². The molecule has 0 fully saturated rings. The van der Waals surface area contributed by atoms with E-state index in [1.807, 2.05) is 25.1 Å². The Kier molecular flexibility index (Phi) is 4.05. The number of benzene rings is 2. The molecule has 1 N–H and O–H groups in total. The van der Waals surface area contributed by atoms with Crippen LogP contribution in [0.4, 0.5) is 4.39 Å². The van der Waals surface area contributed by atoms with Gasteiger partial charge in [0.05, 0.1) is 22.9 Å². The first-order valence-corrected chi connectivity index (χ1v) is 7.23. The minimum absolute atomic E-state index is 0.0886. The fourth-order valence-electron chi connectivity index (χ4n) is 2.40. The molecule has 0 saturated carbocycles. The zero-order valence-corrected chi connectivity index (χ0v) is 12.6. The monoisotopic (exact) mass is 306 g/mol. The van der Waals surface area contributed by atoms with Gasteiger partial charge in [-0.15, -0.1) is 6.42 Å². The molecule has 0 radical (unpaired) electrons. The quantitative estimate of drug-likeness (QED) is 0.755. The molecule has 3 aromatic rings. The van der Waals surface area contributed by atoms with Gasteiger partial charge >= 0.3 is 0 Å². The lowest BCUT2D eigenvalue weighted by molar-refractivity contribution is 0.232. The standard InChI is InChI=1S/C19H15FN2O/c1-3-15(23)9-13-5-6-14(10-16(13)20)19-11-21-18-8-12(2)4-7-17(18)22-19/h1,4-8,10-11,15,23H,9H2,2H3. The van der Waals surface area contributed by atoms with E-state index >= 15 is 0 Å². The summed E-state index contributed by atoms with van der Waals surface area (Å²) < 4.78 is 14.2. The molecule has 0 saturated heterocycles. The van der Waals surface area contributed by atoms with Crippen molar-refractivity contribution in [1.29, 1.82) is 0 Å². The number of fused-ring (bicyclic) bond motifs is 1. The van der Waals surface area contributed by atoms with Crippen LogP contribution in [0.15, 0.2) is 42.6 Å². The molecule has 0 spiro atoms. The molecule has 0 aliphatic rings. The van der Waals surface area contributed by atoms with Crippen LogP contribution in [-0.2, 0) is 6.42 Å². The summed E-state index contributed by atoms with van der Waals surface area (Å²) in [5, 5.41) is 9.44. The van der Waals surface area contributed by atoms with Gasteiger partial charge in [0.15, 0.2) is 0 Å². The molecule has 1 aromatic heterocycles. The summed E-state index contributed by atoms with van der Waals surface area (Å²) in [5.74, 6) is 1.76. The van der Waals surface area contributed by atoms with E-state index < -0.39 is 11.9 Å². The van der Waals surface area contributed by atoms with E-state index in [0.717, 1.165) is 16.6 Å². The van der Waals surface area contributed by atoms with Gasteiger partial charge in [0.1, 0.15) is 11.9 Å². The van der Waals surface area contributed by atoms with Crippen LogP contribution in [0.25, 0.3) is 22.3 Å². The van der Waals surface area contributed by atoms with E-state index in [0.29, 0.717) is 16.8 Å². The Labute approximate surface area is 133 Å². The van der Waals surface area contributed by atoms with E-state index in [1.54, 1.807) is 18.3 Å². The van der Waals surface area contributed by atoms with Crippen molar-refractivity contribution in [3.05, 3.63) is 59.5 Å². The van der Waals surface area contributed by atoms with E-state index in [-0.39, 0.29) is 6.42 Å². The van der Waals surface area contributed by atoms with E-state index in [1.165, 1.54) is 6.07 Å². The van der Waals surface area contributed by atoms with Gasteiger partial charge in [-0.25, -0.2) is 9.37 Å². The molecule has 3 nitrogen and oxygen atoms in total. The van der Waals surface area contributed by atoms with Crippen molar-refractivity contribution < 1.29 is 9.50 Å². The maximum absolute atomic E-state index is 14.2. The molecule has 23 heavy (non-hydrogen) atoms. The fourth-order valence-corrected chi connectivity index (χ4v) is 2.40. The van der Waals surface area contributed by atoms with E-state index in [4.69, 9.17) is 6.42 Å². The number of halogens is 1. The first-order chi connectivity index (χ1) is 11.1. The lowest BCUT2D eigenvalue weighted by Crippen LogP contribution is -2.08. The molecule has 0 aliphatic heterocycles. The minimum Gasteiger partial charge on any atom is -0.380 e. The third-order valence-electron chi connectivity index (χ3n) is 3.65. The number of aliphatic hydroxyl groups is 1. The van der Waals surface area contributed by atoms with Crippen molar-refractivity contribution in [2.45, 2.75) is 19.4 Å².